The summed E-state index contributed by atoms with van der Waals surface area (Å²) in [6.07, 6.45) is 2.54. The highest BCUT2D eigenvalue weighted by atomic mass is 35.5. The first-order valence-electron chi connectivity index (χ1n) is 5.84. The molecule has 0 bridgehead atoms. The van der Waals surface area contributed by atoms with Gasteiger partial charge in [0.25, 0.3) is 0 Å². The number of rotatable bonds is 3. The van der Waals surface area contributed by atoms with E-state index in [0.29, 0.717) is 5.88 Å². The van der Waals surface area contributed by atoms with Crippen LogP contribution in [0.4, 0.5) is 5.69 Å². The van der Waals surface area contributed by atoms with Crippen LogP contribution < -0.4 is 4.90 Å². The van der Waals surface area contributed by atoms with Crippen LogP contribution in [0.25, 0.3) is 0 Å². The Morgan fingerprint density at radius 2 is 2.25 bits per heavy atom. The van der Waals surface area contributed by atoms with E-state index in [9.17, 15) is 0 Å². The zero-order chi connectivity index (χ0) is 11.5. The summed E-state index contributed by atoms with van der Waals surface area (Å²) < 4.78 is 0. The van der Waals surface area contributed by atoms with Crippen LogP contribution in [0.2, 0.25) is 5.02 Å². The Hall–Kier alpha value is -0.400. The fourth-order valence-corrected chi connectivity index (χ4v) is 2.72. The summed E-state index contributed by atoms with van der Waals surface area (Å²) in [5.41, 5.74) is 2.40. The Labute approximate surface area is 107 Å². The highest BCUT2D eigenvalue weighted by Gasteiger charge is 2.22. The third-order valence-corrected chi connectivity index (χ3v) is 3.92. The molecule has 88 valence electrons. The molecule has 3 heteroatoms. The van der Waals surface area contributed by atoms with Crippen LogP contribution in [0.15, 0.2) is 18.2 Å². The van der Waals surface area contributed by atoms with E-state index >= 15 is 0 Å². The second-order valence-corrected chi connectivity index (χ2v) is 5.12. The molecule has 1 aromatic rings. The van der Waals surface area contributed by atoms with Gasteiger partial charge in [-0.1, -0.05) is 31.0 Å². The van der Waals surface area contributed by atoms with Crippen molar-refractivity contribution in [2.75, 3.05) is 18.0 Å². The second-order valence-electron chi connectivity index (χ2n) is 4.42. The molecule has 2 rings (SSSR count). The molecule has 1 aromatic carbocycles. The number of benzene rings is 1. The zero-order valence-electron chi connectivity index (χ0n) is 9.55. The minimum atomic E-state index is 0.555. The van der Waals surface area contributed by atoms with Crippen molar-refractivity contribution in [3.63, 3.8) is 0 Å². The number of hydrogen-bond donors (Lipinski definition) is 0. The van der Waals surface area contributed by atoms with Crippen LogP contribution in [0, 0.1) is 5.92 Å². The normalized spacial score (nSPS) is 20.4. The van der Waals surface area contributed by atoms with E-state index in [0.717, 1.165) is 24.0 Å². The summed E-state index contributed by atoms with van der Waals surface area (Å²) in [6, 6.07) is 5.98. The molecule has 0 N–H and O–H groups in total. The third-order valence-electron chi connectivity index (χ3n) is 3.40. The van der Waals surface area contributed by atoms with Crippen LogP contribution in [0.1, 0.15) is 25.3 Å². The van der Waals surface area contributed by atoms with Crippen LogP contribution in [0.3, 0.4) is 0 Å². The largest absolute Gasteiger partial charge is 0.371 e. The van der Waals surface area contributed by atoms with Gasteiger partial charge in [-0.15, -0.1) is 11.6 Å². The first-order valence-corrected chi connectivity index (χ1v) is 6.75. The number of nitrogens with zero attached hydrogens (tertiary/aromatic N) is 1. The molecule has 16 heavy (non-hydrogen) atoms. The third kappa shape index (κ3) is 2.46. The Balaban J connectivity index is 2.22. The molecule has 1 aliphatic heterocycles. The zero-order valence-corrected chi connectivity index (χ0v) is 11.1. The second kappa shape index (κ2) is 5.29. The van der Waals surface area contributed by atoms with Crippen molar-refractivity contribution < 1.29 is 0 Å². The molecular formula is C13H17Cl2N. The Morgan fingerprint density at radius 3 is 2.88 bits per heavy atom. The van der Waals surface area contributed by atoms with E-state index in [-0.39, 0.29) is 0 Å². The van der Waals surface area contributed by atoms with Gasteiger partial charge >= 0.3 is 0 Å². The van der Waals surface area contributed by atoms with Crippen LogP contribution in [-0.4, -0.2) is 13.1 Å². The maximum atomic E-state index is 6.05. The summed E-state index contributed by atoms with van der Waals surface area (Å²) in [7, 11) is 0. The average molecular weight is 258 g/mol. The monoisotopic (exact) mass is 257 g/mol. The fourth-order valence-electron chi connectivity index (χ4n) is 2.33. The maximum Gasteiger partial charge on any atom is 0.0494 e. The van der Waals surface area contributed by atoms with Gasteiger partial charge in [0.2, 0.25) is 0 Å². The lowest BCUT2D eigenvalue weighted by Gasteiger charge is -2.21. The molecule has 0 aliphatic carbocycles. The predicted molar refractivity (Wildman–Crippen MR) is 71.6 cm³/mol. The van der Waals surface area contributed by atoms with E-state index in [1.807, 2.05) is 18.2 Å². The molecule has 1 unspecified atom stereocenters. The average Bonchev–Trinajstić information content (AvgIpc) is 2.77. The van der Waals surface area contributed by atoms with Crippen molar-refractivity contribution in [3.05, 3.63) is 28.8 Å². The summed E-state index contributed by atoms with van der Waals surface area (Å²) >= 11 is 12.0. The molecule has 0 aromatic heterocycles. The SMILES string of the molecule is CCC1CCN(c2cc(Cl)ccc2CCl)C1. The first-order chi connectivity index (χ1) is 7.74. The van der Waals surface area contributed by atoms with E-state index < -0.39 is 0 Å². The summed E-state index contributed by atoms with van der Waals surface area (Å²) in [4.78, 5) is 2.41. The lowest BCUT2D eigenvalue weighted by Crippen LogP contribution is -2.20. The van der Waals surface area contributed by atoms with Crippen LogP contribution in [0.5, 0.6) is 0 Å². The smallest absolute Gasteiger partial charge is 0.0494 e. The van der Waals surface area contributed by atoms with Crippen LogP contribution >= 0.6 is 23.2 Å². The summed E-state index contributed by atoms with van der Waals surface area (Å²) in [6.45, 7) is 4.53. The van der Waals surface area contributed by atoms with Crippen molar-refractivity contribution in [2.24, 2.45) is 5.92 Å². The molecule has 1 heterocycles. The lowest BCUT2D eigenvalue weighted by atomic mass is 10.1. The number of halogens is 2. The quantitative estimate of drug-likeness (QED) is 0.730. The lowest BCUT2D eigenvalue weighted by molar-refractivity contribution is 0.569. The van der Waals surface area contributed by atoms with Gasteiger partial charge in [0, 0.05) is 29.7 Å². The molecule has 0 spiro atoms. The van der Waals surface area contributed by atoms with Gasteiger partial charge in [-0.2, -0.15) is 0 Å². The Bertz CT molecular complexity index is 365. The number of hydrogen-bond acceptors (Lipinski definition) is 1. The van der Waals surface area contributed by atoms with E-state index in [2.05, 4.69) is 11.8 Å². The summed E-state index contributed by atoms with van der Waals surface area (Å²) in [5, 5.41) is 0.795. The highest BCUT2D eigenvalue weighted by Crippen LogP contribution is 2.31. The van der Waals surface area contributed by atoms with Gasteiger partial charge < -0.3 is 4.90 Å². The van der Waals surface area contributed by atoms with Crippen molar-refractivity contribution in [3.8, 4) is 0 Å². The molecule has 0 saturated carbocycles. The minimum absolute atomic E-state index is 0.555. The van der Waals surface area contributed by atoms with Gasteiger partial charge in [-0.05, 0) is 30.0 Å². The molecule has 1 nitrogen and oxygen atoms in total. The standard InChI is InChI=1S/C13H17Cl2N/c1-2-10-5-6-16(9-10)13-7-12(15)4-3-11(13)8-14/h3-4,7,10H,2,5-6,8-9H2,1H3. The van der Waals surface area contributed by atoms with Crippen molar-refractivity contribution in [2.45, 2.75) is 25.6 Å². The van der Waals surface area contributed by atoms with Gasteiger partial charge in [0.1, 0.15) is 0 Å². The van der Waals surface area contributed by atoms with Crippen molar-refractivity contribution in [1.82, 2.24) is 0 Å². The van der Waals surface area contributed by atoms with Gasteiger partial charge in [0.05, 0.1) is 0 Å². The summed E-state index contributed by atoms with van der Waals surface area (Å²) in [5.74, 6) is 1.38. The topological polar surface area (TPSA) is 3.24 Å². The van der Waals surface area contributed by atoms with Crippen molar-refractivity contribution >= 4 is 28.9 Å². The van der Waals surface area contributed by atoms with Gasteiger partial charge in [-0.25, -0.2) is 0 Å². The van der Waals surface area contributed by atoms with Gasteiger partial charge in [0.15, 0.2) is 0 Å². The molecule has 1 saturated heterocycles. The molecule has 1 fully saturated rings. The molecule has 0 radical (unpaired) electrons. The highest BCUT2D eigenvalue weighted by molar-refractivity contribution is 6.31. The van der Waals surface area contributed by atoms with Crippen LogP contribution in [-0.2, 0) is 5.88 Å². The first kappa shape index (κ1) is 12.1. The van der Waals surface area contributed by atoms with E-state index in [1.165, 1.54) is 24.1 Å². The molecule has 1 aliphatic rings. The Kier molecular flexibility index (Phi) is 3.99. The number of alkyl halides is 1. The molecule has 1 atom stereocenters. The predicted octanol–water partition coefficient (Wildman–Crippen LogP) is 4.32. The number of anilines is 1. The maximum absolute atomic E-state index is 6.05. The molecular weight excluding hydrogens is 241 g/mol. The Morgan fingerprint density at radius 1 is 1.44 bits per heavy atom. The fraction of sp³-hybridized carbons (Fsp3) is 0.538. The van der Waals surface area contributed by atoms with Crippen molar-refractivity contribution in [1.29, 1.82) is 0 Å². The minimum Gasteiger partial charge on any atom is -0.371 e. The van der Waals surface area contributed by atoms with E-state index in [1.54, 1.807) is 0 Å². The molecule has 0 amide bonds. The van der Waals surface area contributed by atoms with Gasteiger partial charge in [-0.3, -0.25) is 0 Å². The van der Waals surface area contributed by atoms with E-state index in [4.69, 9.17) is 23.2 Å².